The molecule has 2 aromatic rings. The van der Waals surface area contributed by atoms with Gasteiger partial charge >= 0.3 is 5.97 Å². The van der Waals surface area contributed by atoms with E-state index in [0.717, 1.165) is 0 Å². The van der Waals surface area contributed by atoms with E-state index in [1.807, 2.05) is 6.07 Å². The third-order valence-corrected chi connectivity index (χ3v) is 4.20. The zero-order valence-corrected chi connectivity index (χ0v) is 12.5. The van der Waals surface area contributed by atoms with Crippen molar-refractivity contribution in [2.75, 3.05) is 11.8 Å². The summed E-state index contributed by atoms with van der Waals surface area (Å²) >= 11 is 0. The number of hydrogen-bond acceptors (Lipinski definition) is 5. The molecule has 114 valence electrons. The summed E-state index contributed by atoms with van der Waals surface area (Å²) in [5, 5.41) is 8.66. The van der Waals surface area contributed by atoms with Crippen molar-refractivity contribution in [2.45, 2.75) is 11.3 Å². The van der Waals surface area contributed by atoms with E-state index in [9.17, 15) is 13.2 Å². The summed E-state index contributed by atoms with van der Waals surface area (Å²) in [6, 6.07) is 9.72. The second kappa shape index (κ2) is 6.32. The lowest BCUT2D eigenvalue weighted by molar-refractivity contribution is 0.0595. The first-order valence-electron chi connectivity index (χ1n) is 6.21. The first-order valence-corrected chi connectivity index (χ1v) is 7.70. The molecule has 22 heavy (non-hydrogen) atoms. The molecule has 0 radical (unpaired) electrons. The summed E-state index contributed by atoms with van der Waals surface area (Å²) in [7, 11) is -2.63. The lowest BCUT2D eigenvalue weighted by Crippen LogP contribution is -2.12. The molecule has 8 heteroatoms. The molecule has 1 aromatic carbocycles. The number of carbonyl (C=O) groups is 1. The Hall–Kier alpha value is -2.79. The highest BCUT2D eigenvalue weighted by atomic mass is 32.2. The SMILES string of the molecule is COC(=O)c1cc(S(=O)(=O)Nc2cccc(CC#N)c2)c[nH]1. The summed E-state index contributed by atoms with van der Waals surface area (Å²) in [5.41, 5.74) is 1.08. The zero-order valence-electron chi connectivity index (χ0n) is 11.7. The number of ether oxygens (including phenoxy) is 1. The molecule has 0 bridgehead atoms. The quantitative estimate of drug-likeness (QED) is 0.814. The van der Waals surface area contributed by atoms with Crippen LogP contribution in [-0.4, -0.2) is 26.5 Å². The van der Waals surface area contributed by atoms with Crippen molar-refractivity contribution in [3.63, 3.8) is 0 Å². The fourth-order valence-electron chi connectivity index (χ4n) is 1.81. The van der Waals surface area contributed by atoms with Crippen LogP contribution in [0.3, 0.4) is 0 Å². The van der Waals surface area contributed by atoms with Crippen LogP contribution in [0.15, 0.2) is 41.4 Å². The monoisotopic (exact) mass is 319 g/mol. The van der Waals surface area contributed by atoms with Crippen molar-refractivity contribution in [3.05, 3.63) is 47.8 Å². The molecule has 0 aliphatic carbocycles. The Morgan fingerprint density at radius 3 is 2.86 bits per heavy atom. The average Bonchev–Trinajstić information content (AvgIpc) is 2.97. The van der Waals surface area contributed by atoms with Gasteiger partial charge in [-0.2, -0.15) is 5.26 Å². The maximum atomic E-state index is 12.2. The number of methoxy groups -OCH3 is 1. The second-order valence-corrected chi connectivity index (χ2v) is 6.06. The van der Waals surface area contributed by atoms with Crippen molar-refractivity contribution < 1.29 is 17.9 Å². The molecule has 2 rings (SSSR count). The highest BCUT2D eigenvalue weighted by Gasteiger charge is 2.19. The van der Waals surface area contributed by atoms with Gasteiger partial charge in [-0.3, -0.25) is 4.72 Å². The zero-order chi connectivity index (χ0) is 16.2. The highest BCUT2D eigenvalue weighted by Crippen LogP contribution is 2.18. The summed E-state index contributed by atoms with van der Waals surface area (Å²) in [6.45, 7) is 0. The highest BCUT2D eigenvalue weighted by molar-refractivity contribution is 7.92. The third-order valence-electron chi connectivity index (χ3n) is 2.83. The van der Waals surface area contributed by atoms with Crippen molar-refractivity contribution in [3.8, 4) is 6.07 Å². The van der Waals surface area contributed by atoms with E-state index in [-0.39, 0.29) is 17.0 Å². The fraction of sp³-hybridized carbons (Fsp3) is 0.143. The van der Waals surface area contributed by atoms with Gasteiger partial charge in [-0.05, 0) is 23.8 Å². The van der Waals surface area contributed by atoms with Gasteiger partial charge in [-0.1, -0.05) is 12.1 Å². The number of aromatic amines is 1. The number of aromatic nitrogens is 1. The van der Waals surface area contributed by atoms with Crippen LogP contribution in [-0.2, 0) is 21.2 Å². The Morgan fingerprint density at radius 1 is 1.41 bits per heavy atom. The Kier molecular flexibility index (Phi) is 4.48. The van der Waals surface area contributed by atoms with Crippen LogP contribution in [0.4, 0.5) is 5.69 Å². The predicted molar refractivity (Wildman–Crippen MR) is 78.7 cm³/mol. The van der Waals surface area contributed by atoms with Gasteiger partial charge in [0.1, 0.15) is 10.6 Å². The number of nitrogens with zero attached hydrogens (tertiary/aromatic N) is 1. The minimum Gasteiger partial charge on any atom is -0.464 e. The molecule has 7 nitrogen and oxygen atoms in total. The standard InChI is InChI=1S/C14H13N3O4S/c1-21-14(18)13-8-12(9-16-13)22(19,20)17-11-4-2-3-10(7-11)5-6-15/h2-4,7-9,16-17H,5H2,1H3. The van der Waals surface area contributed by atoms with E-state index in [4.69, 9.17) is 5.26 Å². The molecule has 0 aliphatic heterocycles. The summed E-state index contributed by atoms with van der Waals surface area (Å²) in [5.74, 6) is -0.655. The van der Waals surface area contributed by atoms with Crippen LogP contribution >= 0.6 is 0 Å². The fourth-order valence-corrected chi connectivity index (χ4v) is 2.85. The lowest BCUT2D eigenvalue weighted by atomic mass is 10.1. The van der Waals surface area contributed by atoms with Gasteiger partial charge in [-0.15, -0.1) is 0 Å². The third kappa shape index (κ3) is 3.45. The van der Waals surface area contributed by atoms with E-state index in [1.165, 1.54) is 19.4 Å². The number of nitrogens with one attached hydrogen (secondary N) is 2. The van der Waals surface area contributed by atoms with Crippen molar-refractivity contribution in [1.29, 1.82) is 5.26 Å². The largest absolute Gasteiger partial charge is 0.464 e. The van der Waals surface area contributed by atoms with E-state index >= 15 is 0 Å². The van der Waals surface area contributed by atoms with Gasteiger partial charge in [-0.25, -0.2) is 13.2 Å². The maximum Gasteiger partial charge on any atom is 0.354 e. The topological polar surface area (TPSA) is 112 Å². The Labute approximate surface area is 127 Å². The predicted octanol–water partition coefficient (Wildman–Crippen LogP) is 1.67. The number of rotatable bonds is 5. The molecular weight excluding hydrogens is 306 g/mol. The lowest BCUT2D eigenvalue weighted by Gasteiger charge is -2.07. The Morgan fingerprint density at radius 2 is 2.18 bits per heavy atom. The normalized spacial score (nSPS) is 10.7. The first-order chi connectivity index (χ1) is 10.5. The van der Waals surface area contributed by atoms with E-state index < -0.39 is 16.0 Å². The number of carbonyl (C=O) groups excluding carboxylic acids is 1. The molecule has 0 aliphatic rings. The number of sulfonamides is 1. The first kappa shape index (κ1) is 15.6. The summed E-state index contributed by atoms with van der Waals surface area (Å²) in [4.78, 5) is 13.8. The molecule has 0 saturated carbocycles. The number of hydrogen-bond donors (Lipinski definition) is 2. The molecular formula is C14H13N3O4S. The Bertz CT molecular complexity index is 834. The number of benzene rings is 1. The second-order valence-electron chi connectivity index (χ2n) is 4.38. The molecule has 0 saturated heterocycles. The number of esters is 1. The average molecular weight is 319 g/mol. The van der Waals surface area contributed by atoms with E-state index in [2.05, 4.69) is 14.4 Å². The van der Waals surface area contributed by atoms with E-state index in [1.54, 1.807) is 24.3 Å². The van der Waals surface area contributed by atoms with Gasteiger partial charge in [0.2, 0.25) is 0 Å². The molecule has 1 heterocycles. The van der Waals surface area contributed by atoms with Crippen molar-refractivity contribution >= 4 is 21.7 Å². The molecule has 0 amide bonds. The molecule has 1 aromatic heterocycles. The van der Waals surface area contributed by atoms with Crippen LogP contribution < -0.4 is 4.72 Å². The molecule has 2 N–H and O–H groups in total. The van der Waals surface area contributed by atoms with Gasteiger partial charge in [0, 0.05) is 11.9 Å². The summed E-state index contributed by atoms with van der Waals surface area (Å²) < 4.78 is 31.4. The Balaban J connectivity index is 2.24. The van der Waals surface area contributed by atoms with Crippen molar-refractivity contribution in [2.24, 2.45) is 0 Å². The molecule has 0 atom stereocenters. The van der Waals surface area contributed by atoms with Gasteiger partial charge in [0.15, 0.2) is 0 Å². The molecule has 0 fully saturated rings. The van der Waals surface area contributed by atoms with Crippen LogP contribution in [0.2, 0.25) is 0 Å². The number of anilines is 1. The minimum atomic E-state index is -3.84. The van der Waals surface area contributed by atoms with Crippen LogP contribution in [0, 0.1) is 11.3 Å². The number of H-pyrrole nitrogens is 1. The van der Waals surface area contributed by atoms with Gasteiger partial charge in [0.05, 0.1) is 19.6 Å². The molecule has 0 spiro atoms. The van der Waals surface area contributed by atoms with Crippen molar-refractivity contribution in [1.82, 2.24) is 4.98 Å². The van der Waals surface area contributed by atoms with Gasteiger partial charge in [0.25, 0.3) is 10.0 Å². The number of nitriles is 1. The van der Waals surface area contributed by atoms with E-state index in [0.29, 0.717) is 11.3 Å². The maximum absolute atomic E-state index is 12.2. The van der Waals surface area contributed by atoms with Crippen LogP contribution in [0.25, 0.3) is 0 Å². The van der Waals surface area contributed by atoms with Crippen LogP contribution in [0.5, 0.6) is 0 Å². The van der Waals surface area contributed by atoms with Gasteiger partial charge < -0.3 is 9.72 Å². The summed E-state index contributed by atoms with van der Waals surface area (Å²) in [6.07, 6.45) is 1.39. The smallest absolute Gasteiger partial charge is 0.354 e. The molecule has 0 unspecified atom stereocenters. The van der Waals surface area contributed by atoms with Crippen LogP contribution in [0.1, 0.15) is 16.1 Å². The minimum absolute atomic E-state index is 0.0427.